The van der Waals surface area contributed by atoms with Gasteiger partial charge in [-0.05, 0) is 24.3 Å². The zero-order valence-electron chi connectivity index (χ0n) is 7.00. The minimum absolute atomic E-state index is 0.254. The highest BCUT2D eigenvalue weighted by Gasteiger charge is 2.00. The molecule has 13 heavy (non-hydrogen) atoms. The summed E-state index contributed by atoms with van der Waals surface area (Å²) in [5.74, 6) is 0.254. The van der Waals surface area contributed by atoms with Crippen LogP contribution in [0.4, 0.5) is 5.69 Å². The lowest BCUT2D eigenvalue weighted by Gasteiger charge is -2.09. The van der Waals surface area contributed by atoms with Crippen LogP contribution < -0.4 is 5.32 Å². The van der Waals surface area contributed by atoms with Gasteiger partial charge in [-0.15, -0.1) is 11.6 Å². The Morgan fingerprint density at radius 1 is 1.38 bits per heavy atom. The molecule has 2 nitrogen and oxygen atoms in total. The highest BCUT2D eigenvalue weighted by atomic mass is 79.9. The van der Waals surface area contributed by atoms with Crippen molar-refractivity contribution < 1.29 is 5.11 Å². The van der Waals surface area contributed by atoms with E-state index in [1.54, 1.807) is 0 Å². The van der Waals surface area contributed by atoms with Crippen molar-refractivity contribution in [3.8, 4) is 0 Å². The van der Waals surface area contributed by atoms with E-state index < -0.39 is 6.10 Å². The van der Waals surface area contributed by atoms with Crippen molar-refractivity contribution in [2.45, 2.75) is 6.10 Å². The highest BCUT2D eigenvalue weighted by molar-refractivity contribution is 9.10. The van der Waals surface area contributed by atoms with E-state index in [1.165, 1.54) is 0 Å². The summed E-state index contributed by atoms with van der Waals surface area (Å²) in [6.07, 6.45) is -0.495. The quantitative estimate of drug-likeness (QED) is 0.819. The smallest absolute Gasteiger partial charge is 0.0847 e. The molecule has 0 spiro atoms. The van der Waals surface area contributed by atoms with Crippen LogP contribution >= 0.6 is 27.5 Å². The Labute approximate surface area is 91.0 Å². The lowest BCUT2D eigenvalue weighted by Crippen LogP contribution is -2.20. The molecule has 0 saturated carbocycles. The van der Waals surface area contributed by atoms with E-state index in [0.29, 0.717) is 6.54 Å². The van der Waals surface area contributed by atoms with Crippen molar-refractivity contribution in [2.75, 3.05) is 17.7 Å². The van der Waals surface area contributed by atoms with Crippen molar-refractivity contribution >= 4 is 33.2 Å². The summed E-state index contributed by atoms with van der Waals surface area (Å²) < 4.78 is 1.04. The van der Waals surface area contributed by atoms with Gasteiger partial charge in [0.05, 0.1) is 12.0 Å². The van der Waals surface area contributed by atoms with Gasteiger partial charge in [-0.25, -0.2) is 0 Å². The molecule has 1 aromatic carbocycles. The van der Waals surface area contributed by atoms with Crippen molar-refractivity contribution in [3.63, 3.8) is 0 Å². The van der Waals surface area contributed by atoms with Gasteiger partial charge in [-0.2, -0.15) is 0 Å². The van der Waals surface area contributed by atoms with Gasteiger partial charge < -0.3 is 10.4 Å². The van der Waals surface area contributed by atoms with Gasteiger partial charge in [0.1, 0.15) is 0 Å². The lowest BCUT2D eigenvalue weighted by molar-refractivity contribution is 0.211. The maximum absolute atomic E-state index is 9.17. The molecule has 2 N–H and O–H groups in total. The largest absolute Gasteiger partial charge is 0.390 e. The molecule has 0 aliphatic heterocycles. The molecule has 4 heteroatoms. The van der Waals surface area contributed by atoms with Gasteiger partial charge >= 0.3 is 0 Å². The second-order valence-electron chi connectivity index (χ2n) is 2.70. The minimum Gasteiger partial charge on any atom is -0.390 e. The molecular weight excluding hydrogens is 253 g/mol. The minimum atomic E-state index is -0.495. The number of halogens is 2. The summed E-state index contributed by atoms with van der Waals surface area (Å²) in [6.45, 7) is 0.477. The summed E-state index contributed by atoms with van der Waals surface area (Å²) >= 11 is 8.79. The summed E-state index contributed by atoms with van der Waals surface area (Å²) in [6, 6.07) is 7.75. The van der Waals surface area contributed by atoms with Gasteiger partial charge in [-0.1, -0.05) is 15.9 Å². The molecular formula is C9H11BrClNO. The van der Waals surface area contributed by atoms with Gasteiger partial charge in [-0.3, -0.25) is 0 Å². The Morgan fingerprint density at radius 2 is 2.00 bits per heavy atom. The molecule has 1 atom stereocenters. The van der Waals surface area contributed by atoms with Crippen LogP contribution in [-0.2, 0) is 0 Å². The average molecular weight is 265 g/mol. The lowest BCUT2D eigenvalue weighted by atomic mass is 10.3. The molecule has 0 radical (unpaired) electrons. The van der Waals surface area contributed by atoms with E-state index in [9.17, 15) is 5.11 Å². The number of rotatable bonds is 4. The van der Waals surface area contributed by atoms with Crippen LogP contribution in [0.3, 0.4) is 0 Å². The van der Waals surface area contributed by atoms with E-state index in [0.717, 1.165) is 10.2 Å². The third-order valence-electron chi connectivity index (χ3n) is 1.56. The molecule has 0 bridgehead atoms. The Balaban J connectivity index is 2.41. The number of hydrogen-bond donors (Lipinski definition) is 2. The first-order valence-corrected chi connectivity index (χ1v) is 5.28. The first-order chi connectivity index (χ1) is 6.22. The van der Waals surface area contributed by atoms with E-state index in [4.69, 9.17) is 11.6 Å². The highest BCUT2D eigenvalue weighted by Crippen LogP contribution is 2.13. The standard InChI is InChI=1S/C9H11BrClNO/c10-7-1-3-8(4-2-7)12-6-9(13)5-11/h1-4,9,12-13H,5-6H2/t9-/m0/s1. The Kier molecular flexibility index (Phi) is 4.56. The number of nitrogens with one attached hydrogen (secondary N) is 1. The fraction of sp³-hybridized carbons (Fsp3) is 0.333. The second-order valence-corrected chi connectivity index (χ2v) is 3.92. The summed E-state index contributed by atoms with van der Waals surface area (Å²) in [4.78, 5) is 0. The molecule has 0 aliphatic carbocycles. The van der Waals surface area contributed by atoms with Crippen LogP contribution in [0.5, 0.6) is 0 Å². The summed E-state index contributed by atoms with van der Waals surface area (Å²) in [5, 5.41) is 12.2. The van der Waals surface area contributed by atoms with E-state index in [2.05, 4.69) is 21.2 Å². The van der Waals surface area contributed by atoms with Crippen molar-refractivity contribution in [2.24, 2.45) is 0 Å². The molecule has 0 unspecified atom stereocenters. The molecule has 72 valence electrons. The van der Waals surface area contributed by atoms with Crippen LogP contribution in [0.1, 0.15) is 0 Å². The van der Waals surface area contributed by atoms with Gasteiger partial charge in [0, 0.05) is 16.7 Å². The molecule has 0 aromatic heterocycles. The van der Waals surface area contributed by atoms with E-state index in [-0.39, 0.29) is 5.88 Å². The number of aliphatic hydroxyl groups is 1. The van der Waals surface area contributed by atoms with Crippen molar-refractivity contribution in [1.29, 1.82) is 0 Å². The molecule has 1 rings (SSSR count). The zero-order valence-corrected chi connectivity index (χ0v) is 9.35. The van der Waals surface area contributed by atoms with Crippen molar-refractivity contribution in [3.05, 3.63) is 28.7 Å². The Morgan fingerprint density at radius 3 is 2.54 bits per heavy atom. The topological polar surface area (TPSA) is 32.3 Å². The number of benzene rings is 1. The monoisotopic (exact) mass is 263 g/mol. The molecule has 1 aromatic rings. The van der Waals surface area contributed by atoms with E-state index >= 15 is 0 Å². The van der Waals surface area contributed by atoms with Crippen LogP contribution in [0.15, 0.2) is 28.7 Å². The molecule has 0 heterocycles. The van der Waals surface area contributed by atoms with Gasteiger partial charge in [0.25, 0.3) is 0 Å². The van der Waals surface area contributed by atoms with Crippen LogP contribution in [0.25, 0.3) is 0 Å². The normalized spacial score (nSPS) is 12.5. The maximum atomic E-state index is 9.17. The average Bonchev–Trinajstić information content (AvgIpc) is 2.16. The third kappa shape index (κ3) is 3.98. The number of aliphatic hydroxyl groups excluding tert-OH is 1. The summed E-state index contributed by atoms with van der Waals surface area (Å²) in [7, 11) is 0. The third-order valence-corrected chi connectivity index (χ3v) is 2.45. The maximum Gasteiger partial charge on any atom is 0.0847 e. The number of hydrogen-bond acceptors (Lipinski definition) is 2. The Bertz CT molecular complexity index is 252. The predicted molar refractivity (Wildman–Crippen MR) is 59.4 cm³/mol. The zero-order chi connectivity index (χ0) is 9.68. The number of anilines is 1. The van der Waals surface area contributed by atoms with Gasteiger partial charge in [0.15, 0.2) is 0 Å². The van der Waals surface area contributed by atoms with Crippen LogP contribution in [0, 0.1) is 0 Å². The molecule has 0 amide bonds. The van der Waals surface area contributed by atoms with E-state index in [1.807, 2.05) is 24.3 Å². The fourth-order valence-electron chi connectivity index (χ4n) is 0.858. The second kappa shape index (κ2) is 5.47. The van der Waals surface area contributed by atoms with Crippen molar-refractivity contribution in [1.82, 2.24) is 0 Å². The fourth-order valence-corrected chi connectivity index (χ4v) is 1.23. The molecule has 0 saturated heterocycles. The first kappa shape index (κ1) is 10.8. The molecule has 0 aliphatic rings. The number of alkyl halides is 1. The van der Waals surface area contributed by atoms with Crippen LogP contribution in [0.2, 0.25) is 0 Å². The van der Waals surface area contributed by atoms with Crippen LogP contribution in [-0.4, -0.2) is 23.6 Å². The predicted octanol–water partition coefficient (Wildman–Crippen LogP) is 2.46. The first-order valence-electron chi connectivity index (χ1n) is 3.96. The Hall–Kier alpha value is -0.250. The molecule has 0 fully saturated rings. The summed E-state index contributed by atoms with van der Waals surface area (Å²) in [5.41, 5.74) is 0.979. The SMILES string of the molecule is O[C@@H](CCl)CNc1ccc(Br)cc1. The van der Waals surface area contributed by atoms with Gasteiger partial charge in [0.2, 0.25) is 0 Å².